The van der Waals surface area contributed by atoms with E-state index >= 15 is 0 Å². The molecular weight excluding hydrogens is 364 g/mol. The second-order valence-corrected chi connectivity index (χ2v) is 7.64. The molecule has 3 heterocycles. The van der Waals surface area contributed by atoms with Gasteiger partial charge in [-0.2, -0.15) is 10.2 Å². The molecule has 1 aliphatic heterocycles. The zero-order valence-electron chi connectivity index (χ0n) is 17.1. The van der Waals surface area contributed by atoms with Crippen LogP contribution in [-0.4, -0.2) is 43.5 Å². The molecule has 3 aromatic rings. The van der Waals surface area contributed by atoms with Crippen LogP contribution in [-0.2, 0) is 13.1 Å². The van der Waals surface area contributed by atoms with Crippen molar-refractivity contribution < 1.29 is 4.79 Å². The minimum atomic E-state index is -0.0878. The van der Waals surface area contributed by atoms with Crippen LogP contribution in [0.3, 0.4) is 0 Å². The highest BCUT2D eigenvalue weighted by Crippen LogP contribution is 2.26. The van der Waals surface area contributed by atoms with Crippen LogP contribution in [0.5, 0.6) is 0 Å². The van der Waals surface area contributed by atoms with Crippen LogP contribution in [0.4, 0.5) is 5.82 Å². The number of rotatable bonds is 6. The van der Waals surface area contributed by atoms with E-state index in [1.807, 2.05) is 52.8 Å². The molecule has 0 bridgehead atoms. The van der Waals surface area contributed by atoms with E-state index in [-0.39, 0.29) is 5.91 Å². The summed E-state index contributed by atoms with van der Waals surface area (Å²) < 4.78 is 3.94. The van der Waals surface area contributed by atoms with Crippen molar-refractivity contribution in [2.24, 2.45) is 0 Å². The standard InChI is InChI=1S/C22H28N6O/c1-3-27-16-18(14-24-27)15-26-12-9-19(10-13-26)28-21(8-11-23-28)25-22(29)20-7-5-4-6-17(20)2/h4-8,11,14,16,19H,3,9-10,12-13,15H2,1-2H3,(H,25,29). The third-order valence-corrected chi connectivity index (χ3v) is 5.62. The van der Waals surface area contributed by atoms with Crippen molar-refractivity contribution in [3.05, 3.63) is 65.6 Å². The molecule has 1 amide bonds. The summed E-state index contributed by atoms with van der Waals surface area (Å²) in [5, 5.41) is 11.9. The second kappa shape index (κ2) is 8.61. The number of likely N-dealkylation sites (tertiary alicyclic amines) is 1. The molecule has 1 N–H and O–H groups in total. The number of anilines is 1. The lowest BCUT2D eigenvalue weighted by Gasteiger charge is -2.32. The number of hydrogen-bond acceptors (Lipinski definition) is 4. The molecule has 1 aliphatic rings. The molecule has 1 saturated heterocycles. The lowest BCUT2D eigenvalue weighted by molar-refractivity contribution is 0.102. The average Bonchev–Trinajstić information content (AvgIpc) is 3.38. The molecule has 152 valence electrons. The summed E-state index contributed by atoms with van der Waals surface area (Å²) in [5.74, 6) is 0.677. The highest BCUT2D eigenvalue weighted by Gasteiger charge is 2.23. The van der Waals surface area contributed by atoms with Gasteiger partial charge in [-0.3, -0.25) is 14.4 Å². The molecule has 2 aromatic heterocycles. The number of carbonyl (C=O) groups is 1. The molecule has 0 spiro atoms. The Labute approximate surface area is 171 Å². The first-order valence-corrected chi connectivity index (χ1v) is 10.3. The number of nitrogens with one attached hydrogen (secondary N) is 1. The number of aromatic nitrogens is 4. The predicted octanol–water partition coefficient (Wildman–Crippen LogP) is 3.50. The summed E-state index contributed by atoms with van der Waals surface area (Å²) in [6.45, 7) is 7.90. The van der Waals surface area contributed by atoms with Crippen molar-refractivity contribution in [2.75, 3.05) is 18.4 Å². The Morgan fingerprint density at radius 3 is 2.69 bits per heavy atom. The van der Waals surface area contributed by atoms with Gasteiger partial charge in [0.25, 0.3) is 5.91 Å². The largest absolute Gasteiger partial charge is 0.307 e. The fourth-order valence-electron chi connectivity index (χ4n) is 3.96. The van der Waals surface area contributed by atoms with Crippen LogP contribution in [0.2, 0.25) is 0 Å². The molecule has 0 unspecified atom stereocenters. The normalized spacial score (nSPS) is 15.5. The summed E-state index contributed by atoms with van der Waals surface area (Å²) in [5.41, 5.74) is 2.93. The maximum absolute atomic E-state index is 12.7. The highest BCUT2D eigenvalue weighted by molar-refractivity contribution is 6.04. The summed E-state index contributed by atoms with van der Waals surface area (Å²) in [6.07, 6.45) is 7.87. The third-order valence-electron chi connectivity index (χ3n) is 5.62. The molecule has 1 aromatic carbocycles. The average molecular weight is 393 g/mol. The van der Waals surface area contributed by atoms with Gasteiger partial charge in [0, 0.05) is 49.6 Å². The van der Waals surface area contributed by atoms with Crippen molar-refractivity contribution in [3.63, 3.8) is 0 Å². The van der Waals surface area contributed by atoms with E-state index in [0.717, 1.165) is 50.4 Å². The van der Waals surface area contributed by atoms with Crippen LogP contribution in [0, 0.1) is 6.92 Å². The Hall–Kier alpha value is -2.93. The Balaban J connectivity index is 1.36. The van der Waals surface area contributed by atoms with Gasteiger partial charge in [0.1, 0.15) is 5.82 Å². The molecule has 0 saturated carbocycles. The van der Waals surface area contributed by atoms with E-state index in [4.69, 9.17) is 0 Å². The van der Waals surface area contributed by atoms with Gasteiger partial charge in [0.2, 0.25) is 0 Å². The minimum absolute atomic E-state index is 0.0878. The zero-order valence-corrected chi connectivity index (χ0v) is 17.1. The van der Waals surface area contributed by atoms with Gasteiger partial charge in [-0.1, -0.05) is 18.2 Å². The molecule has 7 heteroatoms. The lowest BCUT2D eigenvalue weighted by atomic mass is 10.0. The first kappa shape index (κ1) is 19.4. The minimum Gasteiger partial charge on any atom is -0.307 e. The third kappa shape index (κ3) is 4.40. The van der Waals surface area contributed by atoms with Gasteiger partial charge in [-0.05, 0) is 38.3 Å². The van der Waals surface area contributed by atoms with Crippen molar-refractivity contribution in [1.29, 1.82) is 0 Å². The van der Waals surface area contributed by atoms with Crippen molar-refractivity contribution in [1.82, 2.24) is 24.5 Å². The Kier molecular flexibility index (Phi) is 5.76. The monoisotopic (exact) mass is 392 g/mol. The van der Waals surface area contributed by atoms with E-state index in [0.29, 0.717) is 11.6 Å². The number of hydrogen-bond donors (Lipinski definition) is 1. The number of amides is 1. The summed E-state index contributed by atoms with van der Waals surface area (Å²) in [6, 6.07) is 9.81. The molecule has 29 heavy (non-hydrogen) atoms. The van der Waals surface area contributed by atoms with Crippen LogP contribution in [0.25, 0.3) is 0 Å². The Morgan fingerprint density at radius 2 is 1.97 bits per heavy atom. The second-order valence-electron chi connectivity index (χ2n) is 7.64. The quantitative estimate of drug-likeness (QED) is 0.697. The molecule has 0 atom stereocenters. The van der Waals surface area contributed by atoms with Crippen LogP contribution >= 0.6 is 0 Å². The van der Waals surface area contributed by atoms with E-state index in [1.54, 1.807) is 6.20 Å². The SMILES string of the molecule is CCn1cc(CN2CCC(n3nccc3NC(=O)c3ccccc3C)CC2)cn1. The van der Waals surface area contributed by atoms with Crippen LogP contribution in [0.15, 0.2) is 48.9 Å². The number of carbonyl (C=O) groups excluding carboxylic acids is 1. The van der Waals surface area contributed by atoms with Gasteiger partial charge in [0.05, 0.1) is 18.4 Å². The zero-order chi connectivity index (χ0) is 20.2. The molecule has 0 aliphatic carbocycles. The number of benzene rings is 1. The maximum Gasteiger partial charge on any atom is 0.257 e. The molecule has 4 rings (SSSR count). The summed E-state index contributed by atoms with van der Waals surface area (Å²) >= 11 is 0. The fraction of sp³-hybridized carbons (Fsp3) is 0.409. The van der Waals surface area contributed by atoms with Gasteiger partial charge in [0.15, 0.2) is 0 Å². The number of piperidine rings is 1. The van der Waals surface area contributed by atoms with Gasteiger partial charge in [-0.15, -0.1) is 0 Å². The Bertz CT molecular complexity index is 967. The number of aryl methyl sites for hydroxylation is 2. The molecule has 7 nitrogen and oxygen atoms in total. The molecular formula is C22H28N6O. The maximum atomic E-state index is 12.7. The predicted molar refractivity (Wildman–Crippen MR) is 113 cm³/mol. The Morgan fingerprint density at radius 1 is 1.17 bits per heavy atom. The first-order chi connectivity index (χ1) is 14.1. The van der Waals surface area contributed by atoms with Crippen LogP contribution in [0.1, 0.15) is 47.3 Å². The highest BCUT2D eigenvalue weighted by atomic mass is 16.1. The molecule has 1 fully saturated rings. The van der Waals surface area contributed by atoms with E-state index in [9.17, 15) is 4.79 Å². The topological polar surface area (TPSA) is 68.0 Å². The van der Waals surface area contributed by atoms with Crippen LogP contribution < -0.4 is 5.32 Å². The van der Waals surface area contributed by atoms with Gasteiger partial charge in [-0.25, -0.2) is 4.68 Å². The van der Waals surface area contributed by atoms with Crippen molar-refractivity contribution in [2.45, 2.75) is 45.8 Å². The lowest BCUT2D eigenvalue weighted by Crippen LogP contribution is -2.35. The summed E-state index contributed by atoms with van der Waals surface area (Å²) in [4.78, 5) is 15.1. The van der Waals surface area contributed by atoms with E-state index in [1.165, 1.54) is 5.56 Å². The van der Waals surface area contributed by atoms with Crippen molar-refractivity contribution in [3.8, 4) is 0 Å². The van der Waals surface area contributed by atoms with Gasteiger partial charge < -0.3 is 5.32 Å². The van der Waals surface area contributed by atoms with Gasteiger partial charge >= 0.3 is 0 Å². The fourth-order valence-corrected chi connectivity index (χ4v) is 3.96. The smallest absolute Gasteiger partial charge is 0.257 e. The summed E-state index contributed by atoms with van der Waals surface area (Å²) in [7, 11) is 0. The first-order valence-electron chi connectivity index (χ1n) is 10.3. The van der Waals surface area contributed by atoms with Crippen molar-refractivity contribution >= 4 is 11.7 Å². The molecule has 0 radical (unpaired) electrons. The number of nitrogens with zero attached hydrogens (tertiary/aromatic N) is 5. The van der Waals surface area contributed by atoms with E-state index < -0.39 is 0 Å². The van der Waals surface area contributed by atoms with E-state index in [2.05, 4.69) is 33.5 Å².